The molecule has 106 valence electrons. The molecule has 0 unspecified atom stereocenters. The van der Waals surface area contributed by atoms with Crippen LogP contribution in [-0.2, 0) is 9.59 Å². The number of likely N-dealkylation sites (tertiary alicyclic amines) is 1. The van der Waals surface area contributed by atoms with Crippen LogP contribution in [0.2, 0.25) is 0 Å². The fourth-order valence-corrected chi connectivity index (χ4v) is 1.92. The molecule has 1 amide bonds. The van der Waals surface area contributed by atoms with Gasteiger partial charge in [-0.3, -0.25) is 9.59 Å². The Morgan fingerprint density at radius 3 is 2.20 bits per heavy atom. The maximum absolute atomic E-state index is 13.0. The van der Waals surface area contributed by atoms with Crippen molar-refractivity contribution in [3.8, 4) is 0 Å². The molecule has 2 rings (SSSR count). The smallest absolute Gasteiger partial charge is 0.246 e. The van der Waals surface area contributed by atoms with Gasteiger partial charge in [-0.2, -0.15) is 0 Å². The van der Waals surface area contributed by atoms with E-state index in [-0.39, 0.29) is 17.3 Å². The van der Waals surface area contributed by atoms with Gasteiger partial charge in [0.2, 0.25) is 5.91 Å². The number of Topliss-reactive ketones (excluding diaryl/α,β-unsaturated/α-hetero) is 1. The summed E-state index contributed by atoms with van der Waals surface area (Å²) in [6, 6.07) is 1.61. The number of nitrogens with zero attached hydrogens (tertiary/aromatic N) is 1. The number of hydrogen-bond acceptors (Lipinski definition) is 2. The lowest BCUT2D eigenvalue weighted by Gasteiger charge is -2.24. The zero-order valence-corrected chi connectivity index (χ0v) is 10.5. The number of ketones is 1. The molecule has 1 fully saturated rings. The largest absolute Gasteiger partial charge is 0.338 e. The topological polar surface area (TPSA) is 37.4 Å². The maximum atomic E-state index is 13.0. The van der Waals surface area contributed by atoms with Crippen LogP contribution in [0, 0.1) is 17.5 Å². The van der Waals surface area contributed by atoms with E-state index >= 15 is 0 Å². The van der Waals surface area contributed by atoms with Gasteiger partial charge in [-0.1, -0.05) is 0 Å². The minimum Gasteiger partial charge on any atom is -0.338 e. The summed E-state index contributed by atoms with van der Waals surface area (Å²) in [5, 5.41) is 0. The molecular formula is C14H12F3NO2. The van der Waals surface area contributed by atoms with E-state index in [4.69, 9.17) is 0 Å². The van der Waals surface area contributed by atoms with Crippen LogP contribution in [0.15, 0.2) is 18.2 Å². The molecule has 0 radical (unpaired) electrons. The Hall–Kier alpha value is -2.11. The van der Waals surface area contributed by atoms with Crippen molar-refractivity contribution in [2.45, 2.75) is 12.8 Å². The van der Waals surface area contributed by atoms with Gasteiger partial charge in [0.25, 0.3) is 0 Å². The lowest BCUT2D eigenvalue weighted by molar-refractivity contribution is -0.130. The highest BCUT2D eigenvalue weighted by molar-refractivity contribution is 5.93. The number of carbonyl (C=O) groups excluding carboxylic acids is 2. The summed E-state index contributed by atoms with van der Waals surface area (Å²) < 4.78 is 38.7. The quantitative estimate of drug-likeness (QED) is 0.617. The molecule has 20 heavy (non-hydrogen) atoms. The molecule has 1 aliphatic heterocycles. The Bertz CT molecular complexity index is 551. The number of benzene rings is 1. The van der Waals surface area contributed by atoms with Crippen molar-refractivity contribution in [1.82, 2.24) is 4.90 Å². The zero-order chi connectivity index (χ0) is 14.7. The zero-order valence-electron chi connectivity index (χ0n) is 10.5. The van der Waals surface area contributed by atoms with E-state index in [2.05, 4.69) is 0 Å². The molecule has 6 heteroatoms. The number of amides is 1. The summed E-state index contributed by atoms with van der Waals surface area (Å²) in [5.74, 6) is -4.38. The van der Waals surface area contributed by atoms with Gasteiger partial charge in [-0.05, 0) is 23.8 Å². The summed E-state index contributed by atoms with van der Waals surface area (Å²) in [4.78, 5) is 24.3. The predicted octanol–water partition coefficient (Wildman–Crippen LogP) is 2.31. The molecule has 0 aliphatic carbocycles. The first kappa shape index (κ1) is 14.3. The van der Waals surface area contributed by atoms with Crippen molar-refractivity contribution >= 4 is 17.8 Å². The standard InChI is InChI=1S/C14H12F3NO2/c15-11-7-9(8-12(16)14(11)17)1-2-13(20)18-5-3-10(19)4-6-18/h1-2,7-8H,3-6H2. The fourth-order valence-electron chi connectivity index (χ4n) is 1.92. The minimum absolute atomic E-state index is 0.0582. The van der Waals surface area contributed by atoms with Crippen LogP contribution in [0.4, 0.5) is 13.2 Å². The van der Waals surface area contributed by atoms with Gasteiger partial charge in [0.15, 0.2) is 17.5 Å². The fraction of sp³-hybridized carbons (Fsp3) is 0.286. The Kier molecular flexibility index (Phi) is 4.22. The number of halogens is 3. The molecule has 0 bridgehead atoms. The molecule has 1 aromatic carbocycles. The molecule has 0 spiro atoms. The van der Waals surface area contributed by atoms with Gasteiger partial charge in [-0.25, -0.2) is 13.2 Å². The van der Waals surface area contributed by atoms with Crippen molar-refractivity contribution in [2.75, 3.05) is 13.1 Å². The summed E-state index contributed by atoms with van der Waals surface area (Å²) in [6.07, 6.45) is 3.01. The van der Waals surface area contributed by atoms with Gasteiger partial charge in [0.1, 0.15) is 5.78 Å². The first-order chi connectivity index (χ1) is 9.47. The molecule has 1 aromatic rings. The lowest BCUT2D eigenvalue weighted by Crippen LogP contribution is -2.37. The van der Waals surface area contributed by atoms with Crippen molar-refractivity contribution in [3.63, 3.8) is 0 Å². The lowest BCUT2D eigenvalue weighted by atomic mass is 10.1. The number of carbonyl (C=O) groups is 2. The highest BCUT2D eigenvalue weighted by Crippen LogP contribution is 2.15. The molecule has 1 saturated heterocycles. The van der Waals surface area contributed by atoms with Crippen LogP contribution in [0.25, 0.3) is 6.08 Å². The number of hydrogen-bond donors (Lipinski definition) is 0. The predicted molar refractivity (Wildman–Crippen MR) is 66.2 cm³/mol. The minimum atomic E-state index is -1.54. The van der Waals surface area contributed by atoms with Gasteiger partial charge in [0, 0.05) is 32.0 Å². The first-order valence-corrected chi connectivity index (χ1v) is 6.10. The molecule has 0 saturated carbocycles. The van der Waals surface area contributed by atoms with E-state index in [0.717, 1.165) is 18.2 Å². The number of rotatable bonds is 2. The van der Waals surface area contributed by atoms with E-state index in [0.29, 0.717) is 25.9 Å². The summed E-state index contributed by atoms with van der Waals surface area (Å²) >= 11 is 0. The molecular weight excluding hydrogens is 271 g/mol. The third-order valence-corrected chi connectivity index (χ3v) is 3.06. The van der Waals surface area contributed by atoms with Gasteiger partial charge >= 0.3 is 0 Å². The van der Waals surface area contributed by atoms with E-state index in [1.54, 1.807) is 0 Å². The molecule has 0 atom stereocenters. The monoisotopic (exact) mass is 283 g/mol. The second-order valence-corrected chi connectivity index (χ2v) is 4.50. The van der Waals surface area contributed by atoms with Crippen molar-refractivity contribution < 1.29 is 22.8 Å². The van der Waals surface area contributed by atoms with Gasteiger partial charge < -0.3 is 4.90 Å². The van der Waals surface area contributed by atoms with E-state index in [1.165, 1.54) is 11.0 Å². The SMILES string of the molecule is O=C1CCN(C(=O)C=Cc2cc(F)c(F)c(F)c2)CC1. The average Bonchev–Trinajstić information content (AvgIpc) is 2.42. The van der Waals surface area contributed by atoms with E-state index in [1.807, 2.05) is 0 Å². The third-order valence-electron chi connectivity index (χ3n) is 3.06. The molecule has 1 heterocycles. The molecule has 1 aliphatic rings. The van der Waals surface area contributed by atoms with Crippen LogP contribution >= 0.6 is 0 Å². The van der Waals surface area contributed by atoms with Crippen molar-refractivity contribution in [1.29, 1.82) is 0 Å². The van der Waals surface area contributed by atoms with Crippen LogP contribution < -0.4 is 0 Å². The van der Waals surface area contributed by atoms with Crippen LogP contribution in [-0.4, -0.2) is 29.7 Å². The second-order valence-electron chi connectivity index (χ2n) is 4.50. The highest BCUT2D eigenvalue weighted by atomic mass is 19.2. The van der Waals surface area contributed by atoms with Crippen LogP contribution in [0.1, 0.15) is 18.4 Å². The van der Waals surface area contributed by atoms with Crippen molar-refractivity contribution in [3.05, 3.63) is 41.2 Å². The molecule has 0 N–H and O–H groups in total. The van der Waals surface area contributed by atoms with Gasteiger partial charge in [-0.15, -0.1) is 0 Å². The first-order valence-electron chi connectivity index (χ1n) is 6.10. The number of piperidine rings is 1. The Balaban J connectivity index is 2.05. The summed E-state index contributed by atoms with van der Waals surface area (Å²) in [6.45, 7) is 0.683. The Morgan fingerprint density at radius 1 is 1.10 bits per heavy atom. The Labute approximate surface area is 113 Å². The summed E-state index contributed by atoms with van der Waals surface area (Å²) in [5.41, 5.74) is 0.0582. The maximum Gasteiger partial charge on any atom is 0.246 e. The second kappa shape index (κ2) is 5.90. The highest BCUT2D eigenvalue weighted by Gasteiger charge is 2.18. The molecule has 3 nitrogen and oxygen atoms in total. The molecule has 0 aromatic heterocycles. The van der Waals surface area contributed by atoms with E-state index in [9.17, 15) is 22.8 Å². The average molecular weight is 283 g/mol. The van der Waals surface area contributed by atoms with Crippen LogP contribution in [0.3, 0.4) is 0 Å². The van der Waals surface area contributed by atoms with Gasteiger partial charge in [0.05, 0.1) is 0 Å². The summed E-state index contributed by atoms with van der Waals surface area (Å²) in [7, 11) is 0. The Morgan fingerprint density at radius 2 is 1.65 bits per heavy atom. The van der Waals surface area contributed by atoms with Crippen molar-refractivity contribution in [2.24, 2.45) is 0 Å². The van der Waals surface area contributed by atoms with E-state index < -0.39 is 17.5 Å². The normalized spacial score (nSPS) is 15.9. The van der Waals surface area contributed by atoms with Crippen LogP contribution in [0.5, 0.6) is 0 Å². The third kappa shape index (κ3) is 3.26.